The fraction of sp³-hybridized carbons (Fsp3) is 0.524. The minimum Gasteiger partial charge on any atom is -0.314 e. The fourth-order valence-corrected chi connectivity index (χ4v) is 4.54. The second-order valence-electron chi connectivity index (χ2n) is 8.11. The Morgan fingerprint density at radius 1 is 0.862 bits per heavy atom. The van der Waals surface area contributed by atoms with Crippen molar-refractivity contribution in [2.45, 2.75) is 38.8 Å². The van der Waals surface area contributed by atoms with Crippen LogP contribution in [0.3, 0.4) is 0 Å². The number of carbonyl (C=O) groups excluding carboxylic acids is 2. The van der Waals surface area contributed by atoms with Gasteiger partial charge in [-0.25, -0.2) is 0 Å². The highest BCUT2D eigenvalue weighted by atomic mass is 16.2. The normalized spacial score (nSPS) is 20.6. The molecule has 1 fully saturated rings. The molecule has 0 aliphatic carbocycles. The Morgan fingerprint density at radius 3 is 2.52 bits per heavy atom. The number of ketones is 1. The molecule has 29 heavy (non-hydrogen) atoms. The van der Waals surface area contributed by atoms with Gasteiger partial charge in [-0.1, -0.05) is 18.6 Å². The van der Waals surface area contributed by atoms with E-state index >= 15 is 0 Å². The lowest BCUT2D eigenvalue weighted by molar-refractivity contribution is -0.114. The van der Waals surface area contributed by atoms with Gasteiger partial charge in [0.2, 0.25) is 0 Å². The maximum Gasteiger partial charge on any atom is 0.300 e. The SMILES string of the molecule is O=C1C(=O)N(CN2CCN(Cc3nnc4n3CCCCC4)CC2)c2ccccc21. The van der Waals surface area contributed by atoms with Crippen molar-refractivity contribution in [1.29, 1.82) is 0 Å². The first-order valence-corrected chi connectivity index (χ1v) is 10.5. The summed E-state index contributed by atoms with van der Waals surface area (Å²) in [5.41, 5.74) is 1.25. The highest BCUT2D eigenvalue weighted by Gasteiger charge is 2.36. The van der Waals surface area contributed by atoms with Gasteiger partial charge < -0.3 is 4.57 Å². The molecule has 0 N–H and O–H groups in total. The van der Waals surface area contributed by atoms with E-state index in [0.29, 0.717) is 12.2 Å². The van der Waals surface area contributed by atoms with Gasteiger partial charge in [-0.2, -0.15) is 0 Å². The first kappa shape index (κ1) is 18.4. The van der Waals surface area contributed by atoms with Crippen LogP contribution < -0.4 is 4.90 Å². The van der Waals surface area contributed by atoms with E-state index in [4.69, 9.17) is 0 Å². The van der Waals surface area contributed by atoms with Crippen molar-refractivity contribution in [2.24, 2.45) is 0 Å². The highest BCUT2D eigenvalue weighted by molar-refractivity contribution is 6.52. The Labute approximate surface area is 170 Å². The molecule has 8 heteroatoms. The molecule has 1 aromatic heterocycles. The molecular formula is C21H26N6O2. The van der Waals surface area contributed by atoms with E-state index in [9.17, 15) is 9.59 Å². The Morgan fingerprint density at radius 2 is 1.66 bits per heavy atom. The Balaban J connectivity index is 1.19. The Hall–Kier alpha value is -2.58. The van der Waals surface area contributed by atoms with E-state index in [2.05, 4.69) is 24.6 Å². The summed E-state index contributed by atoms with van der Waals surface area (Å²) in [5, 5.41) is 8.85. The minimum atomic E-state index is -0.417. The summed E-state index contributed by atoms with van der Waals surface area (Å²) in [6.07, 6.45) is 4.71. The molecular weight excluding hydrogens is 368 g/mol. The number of para-hydroxylation sites is 1. The van der Waals surface area contributed by atoms with E-state index in [1.165, 1.54) is 19.3 Å². The number of amides is 1. The summed E-state index contributed by atoms with van der Waals surface area (Å²) in [6.45, 7) is 5.88. The first-order valence-electron chi connectivity index (χ1n) is 10.5. The second-order valence-corrected chi connectivity index (χ2v) is 8.11. The van der Waals surface area contributed by atoms with Crippen molar-refractivity contribution in [1.82, 2.24) is 24.6 Å². The number of nitrogens with zero attached hydrogens (tertiary/aromatic N) is 6. The van der Waals surface area contributed by atoms with Crippen molar-refractivity contribution < 1.29 is 9.59 Å². The van der Waals surface area contributed by atoms with Crippen LogP contribution in [-0.2, 0) is 24.3 Å². The number of aryl methyl sites for hydroxylation is 1. The molecule has 0 radical (unpaired) electrons. The lowest BCUT2D eigenvalue weighted by atomic mass is 10.1. The molecule has 1 amide bonds. The van der Waals surface area contributed by atoms with E-state index < -0.39 is 11.7 Å². The third-order valence-corrected chi connectivity index (χ3v) is 6.24. The van der Waals surface area contributed by atoms with E-state index in [1.807, 2.05) is 12.1 Å². The Bertz CT molecular complexity index is 931. The van der Waals surface area contributed by atoms with Crippen LogP contribution in [0.5, 0.6) is 0 Å². The van der Waals surface area contributed by atoms with Gasteiger partial charge in [-0.05, 0) is 25.0 Å². The zero-order valence-electron chi connectivity index (χ0n) is 16.6. The molecule has 0 saturated carbocycles. The van der Waals surface area contributed by atoms with Crippen LogP contribution in [0.2, 0.25) is 0 Å². The molecule has 3 aliphatic rings. The van der Waals surface area contributed by atoms with Gasteiger partial charge in [-0.3, -0.25) is 24.3 Å². The highest BCUT2D eigenvalue weighted by Crippen LogP contribution is 2.28. The summed E-state index contributed by atoms with van der Waals surface area (Å²) >= 11 is 0. The van der Waals surface area contributed by atoms with Crippen molar-refractivity contribution in [3.05, 3.63) is 41.5 Å². The maximum atomic E-state index is 12.4. The minimum absolute atomic E-state index is 0.397. The third-order valence-electron chi connectivity index (χ3n) is 6.24. The van der Waals surface area contributed by atoms with Gasteiger partial charge in [0, 0.05) is 39.1 Å². The third kappa shape index (κ3) is 3.47. The maximum absolute atomic E-state index is 12.4. The number of aromatic nitrogens is 3. The average Bonchev–Trinajstić information content (AvgIpc) is 3.11. The number of fused-ring (bicyclic) bond motifs is 2. The van der Waals surface area contributed by atoms with Gasteiger partial charge in [0.05, 0.1) is 24.5 Å². The van der Waals surface area contributed by atoms with E-state index in [1.54, 1.807) is 17.0 Å². The van der Waals surface area contributed by atoms with Crippen LogP contribution in [0.25, 0.3) is 0 Å². The van der Waals surface area contributed by atoms with Gasteiger partial charge in [-0.15, -0.1) is 10.2 Å². The largest absolute Gasteiger partial charge is 0.314 e. The second kappa shape index (κ2) is 7.68. The number of piperazine rings is 1. The molecule has 4 heterocycles. The van der Waals surface area contributed by atoms with Crippen LogP contribution in [0.15, 0.2) is 24.3 Å². The van der Waals surface area contributed by atoms with Gasteiger partial charge in [0.15, 0.2) is 0 Å². The fourth-order valence-electron chi connectivity index (χ4n) is 4.54. The number of benzene rings is 1. The molecule has 0 bridgehead atoms. The molecule has 1 saturated heterocycles. The quantitative estimate of drug-likeness (QED) is 0.728. The lowest BCUT2D eigenvalue weighted by Gasteiger charge is -2.36. The molecule has 8 nitrogen and oxygen atoms in total. The molecule has 1 aromatic carbocycles. The number of hydrogen-bond donors (Lipinski definition) is 0. The standard InChI is InChI=1S/C21H26N6O2/c28-20-16-6-3-4-7-17(16)27(21(20)29)15-25-12-10-24(11-13-25)14-19-23-22-18-8-2-1-5-9-26(18)19/h3-4,6-7H,1-2,5,8-15H2. The zero-order valence-corrected chi connectivity index (χ0v) is 16.6. The number of rotatable bonds is 4. The lowest BCUT2D eigenvalue weighted by Crippen LogP contribution is -2.50. The number of Topliss-reactive ketones (excluding diaryl/α,β-unsaturated/α-hetero) is 1. The molecule has 0 spiro atoms. The molecule has 3 aliphatic heterocycles. The summed E-state index contributed by atoms with van der Waals surface area (Å²) in [5.74, 6) is 1.39. The van der Waals surface area contributed by atoms with Crippen molar-refractivity contribution in [3.63, 3.8) is 0 Å². The van der Waals surface area contributed by atoms with E-state index in [-0.39, 0.29) is 0 Å². The monoisotopic (exact) mass is 394 g/mol. The van der Waals surface area contributed by atoms with Crippen molar-refractivity contribution >= 4 is 17.4 Å². The number of carbonyl (C=O) groups is 2. The van der Waals surface area contributed by atoms with Crippen molar-refractivity contribution in [2.75, 3.05) is 37.7 Å². The summed E-state index contributed by atoms with van der Waals surface area (Å²) in [6, 6.07) is 7.26. The molecule has 2 aromatic rings. The van der Waals surface area contributed by atoms with Crippen LogP contribution in [-0.4, -0.2) is 69.1 Å². The van der Waals surface area contributed by atoms with E-state index in [0.717, 1.165) is 63.0 Å². The zero-order chi connectivity index (χ0) is 19.8. The van der Waals surface area contributed by atoms with Crippen LogP contribution in [0, 0.1) is 0 Å². The smallest absolute Gasteiger partial charge is 0.300 e. The topological polar surface area (TPSA) is 74.6 Å². The van der Waals surface area contributed by atoms with Gasteiger partial charge in [0.1, 0.15) is 11.6 Å². The predicted octanol–water partition coefficient (Wildman–Crippen LogP) is 1.31. The number of hydrogen-bond acceptors (Lipinski definition) is 6. The summed E-state index contributed by atoms with van der Waals surface area (Å²) in [7, 11) is 0. The molecule has 5 rings (SSSR count). The van der Waals surface area contributed by atoms with Gasteiger partial charge >= 0.3 is 5.91 Å². The summed E-state index contributed by atoms with van der Waals surface area (Å²) in [4.78, 5) is 30.9. The van der Waals surface area contributed by atoms with Crippen molar-refractivity contribution in [3.8, 4) is 0 Å². The Kier molecular flexibility index (Phi) is 4.89. The average molecular weight is 394 g/mol. The molecule has 0 unspecified atom stereocenters. The van der Waals surface area contributed by atoms with Crippen LogP contribution in [0.4, 0.5) is 5.69 Å². The van der Waals surface area contributed by atoms with Crippen LogP contribution >= 0.6 is 0 Å². The predicted molar refractivity (Wildman–Crippen MR) is 108 cm³/mol. The molecule has 0 atom stereocenters. The summed E-state index contributed by atoms with van der Waals surface area (Å²) < 4.78 is 2.31. The van der Waals surface area contributed by atoms with Crippen LogP contribution in [0.1, 0.15) is 41.3 Å². The first-order chi connectivity index (χ1) is 14.2. The molecule has 152 valence electrons. The van der Waals surface area contributed by atoms with Gasteiger partial charge in [0.25, 0.3) is 5.78 Å². The number of anilines is 1.